The van der Waals surface area contributed by atoms with Gasteiger partial charge in [0.1, 0.15) is 5.69 Å². The van der Waals surface area contributed by atoms with Gasteiger partial charge in [-0.25, -0.2) is 0 Å². The van der Waals surface area contributed by atoms with E-state index in [1.54, 1.807) is 10.8 Å². The van der Waals surface area contributed by atoms with Crippen LogP contribution in [0.4, 0.5) is 0 Å². The normalized spacial score (nSPS) is 11.1. The minimum Gasteiger partial charge on any atom is -0.463 e. The molecule has 0 atom stereocenters. The van der Waals surface area contributed by atoms with Gasteiger partial charge in [-0.05, 0) is 30.5 Å². The Morgan fingerprint density at radius 2 is 2.19 bits per heavy atom. The van der Waals surface area contributed by atoms with Crippen molar-refractivity contribution in [2.45, 2.75) is 5.16 Å². The van der Waals surface area contributed by atoms with Crippen molar-refractivity contribution in [2.75, 3.05) is 6.26 Å². The Hall–Kier alpha value is -1.82. The topological polar surface area (TPSA) is 56.2 Å². The van der Waals surface area contributed by atoms with Gasteiger partial charge in [-0.1, -0.05) is 11.8 Å². The van der Waals surface area contributed by atoms with E-state index >= 15 is 0 Å². The molecule has 3 rings (SSSR count). The van der Waals surface area contributed by atoms with Crippen molar-refractivity contribution in [3.63, 3.8) is 0 Å². The van der Waals surface area contributed by atoms with Gasteiger partial charge in [0.25, 0.3) is 0 Å². The second-order valence-electron chi connectivity index (χ2n) is 3.15. The van der Waals surface area contributed by atoms with E-state index in [1.807, 2.05) is 30.5 Å². The van der Waals surface area contributed by atoms with Gasteiger partial charge in [0.15, 0.2) is 11.4 Å². The van der Waals surface area contributed by atoms with Gasteiger partial charge >= 0.3 is 0 Å². The molecule has 3 heterocycles. The molecule has 16 heavy (non-hydrogen) atoms. The zero-order valence-electron chi connectivity index (χ0n) is 8.49. The van der Waals surface area contributed by atoms with Crippen LogP contribution in [-0.2, 0) is 0 Å². The Kier molecular flexibility index (Phi) is 2.14. The smallest absolute Gasteiger partial charge is 0.212 e. The summed E-state index contributed by atoms with van der Waals surface area (Å²) in [4.78, 5) is 0. The van der Waals surface area contributed by atoms with Gasteiger partial charge in [-0.3, -0.25) is 0 Å². The molecule has 80 valence electrons. The molecule has 0 bridgehead atoms. The van der Waals surface area contributed by atoms with Crippen molar-refractivity contribution in [2.24, 2.45) is 0 Å². The number of hydrogen-bond acceptors (Lipinski definition) is 5. The Balaban J connectivity index is 2.21. The third kappa shape index (κ3) is 1.38. The summed E-state index contributed by atoms with van der Waals surface area (Å²) in [7, 11) is 0. The van der Waals surface area contributed by atoms with Crippen molar-refractivity contribution < 1.29 is 4.42 Å². The van der Waals surface area contributed by atoms with E-state index in [0.717, 1.165) is 22.3 Å². The van der Waals surface area contributed by atoms with Crippen LogP contribution < -0.4 is 0 Å². The maximum Gasteiger partial charge on any atom is 0.212 e. The number of nitrogens with zero attached hydrogens (tertiary/aromatic N) is 4. The van der Waals surface area contributed by atoms with E-state index in [0.29, 0.717) is 0 Å². The quantitative estimate of drug-likeness (QED) is 0.633. The van der Waals surface area contributed by atoms with E-state index in [1.165, 1.54) is 11.8 Å². The minimum absolute atomic E-state index is 0.736. The van der Waals surface area contributed by atoms with Crippen molar-refractivity contribution >= 4 is 17.4 Å². The lowest BCUT2D eigenvalue weighted by Crippen LogP contribution is -1.95. The fraction of sp³-hybridized carbons (Fsp3) is 0.100. The summed E-state index contributed by atoms with van der Waals surface area (Å²) in [5, 5.41) is 13.2. The van der Waals surface area contributed by atoms with Crippen molar-refractivity contribution in [1.82, 2.24) is 19.8 Å². The first-order valence-corrected chi connectivity index (χ1v) is 5.91. The fourth-order valence-electron chi connectivity index (χ4n) is 1.45. The number of furan rings is 1. The zero-order valence-corrected chi connectivity index (χ0v) is 9.31. The molecule has 6 heteroatoms. The molecular weight excluding hydrogens is 224 g/mol. The standard InChI is InChI=1S/C10H8N4OS/c1-16-10-12-11-9-5-4-7(13-14(9)10)8-3-2-6-15-8/h2-6H,1H3. The molecule has 0 spiro atoms. The minimum atomic E-state index is 0.736. The van der Waals surface area contributed by atoms with Crippen LogP contribution in [0.2, 0.25) is 0 Å². The van der Waals surface area contributed by atoms with Crippen LogP contribution in [0, 0.1) is 0 Å². The molecule has 5 nitrogen and oxygen atoms in total. The van der Waals surface area contributed by atoms with Gasteiger partial charge in [0, 0.05) is 0 Å². The van der Waals surface area contributed by atoms with E-state index in [9.17, 15) is 0 Å². The third-order valence-electron chi connectivity index (χ3n) is 2.19. The molecule has 0 aliphatic rings. The first-order chi connectivity index (χ1) is 7.88. The summed E-state index contributed by atoms with van der Waals surface area (Å²) in [6, 6.07) is 7.45. The summed E-state index contributed by atoms with van der Waals surface area (Å²) < 4.78 is 7.01. The molecule has 0 radical (unpaired) electrons. The fourth-order valence-corrected chi connectivity index (χ4v) is 1.88. The van der Waals surface area contributed by atoms with Crippen LogP contribution in [0.1, 0.15) is 0 Å². The molecule has 0 amide bonds. The van der Waals surface area contributed by atoms with Gasteiger partial charge in [0.05, 0.1) is 6.26 Å². The summed E-state index contributed by atoms with van der Waals surface area (Å²) in [6.45, 7) is 0. The zero-order chi connectivity index (χ0) is 11.0. The molecule has 3 aromatic heterocycles. The highest BCUT2D eigenvalue weighted by Gasteiger charge is 2.08. The van der Waals surface area contributed by atoms with Crippen LogP contribution in [0.25, 0.3) is 17.1 Å². The first-order valence-electron chi connectivity index (χ1n) is 4.69. The number of thioether (sulfide) groups is 1. The van der Waals surface area contributed by atoms with Crippen molar-refractivity contribution in [1.29, 1.82) is 0 Å². The maximum atomic E-state index is 5.30. The van der Waals surface area contributed by atoms with Gasteiger partial charge in [0.2, 0.25) is 5.16 Å². The van der Waals surface area contributed by atoms with E-state index in [2.05, 4.69) is 15.3 Å². The Labute approximate surface area is 95.5 Å². The summed E-state index contributed by atoms with van der Waals surface area (Å²) >= 11 is 1.51. The second-order valence-corrected chi connectivity index (χ2v) is 3.93. The van der Waals surface area contributed by atoms with Crippen LogP contribution in [0.15, 0.2) is 40.1 Å². The van der Waals surface area contributed by atoms with E-state index in [-0.39, 0.29) is 0 Å². The lowest BCUT2D eigenvalue weighted by atomic mass is 10.3. The molecule has 0 fully saturated rings. The Bertz CT molecular complexity index is 617. The van der Waals surface area contributed by atoms with Gasteiger partial charge < -0.3 is 4.42 Å². The summed E-state index contributed by atoms with van der Waals surface area (Å²) in [5.74, 6) is 0.739. The first kappa shape index (κ1) is 9.41. The molecule has 0 aliphatic heterocycles. The highest BCUT2D eigenvalue weighted by molar-refractivity contribution is 7.98. The highest BCUT2D eigenvalue weighted by Crippen LogP contribution is 2.19. The highest BCUT2D eigenvalue weighted by atomic mass is 32.2. The second kappa shape index (κ2) is 3.64. The molecule has 0 N–H and O–H groups in total. The molecule has 0 saturated carbocycles. The summed E-state index contributed by atoms with van der Waals surface area (Å²) in [5.41, 5.74) is 1.51. The number of aromatic nitrogens is 4. The SMILES string of the molecule is CSc1nnc2ccc(-c3ccco3)nn12. The molecule has 0 aromatic carbocycles. The van der Waals surface area contributed by atoms with Gasteiger partial charge in [-0.2, -0.15) is 9.61 Å². The lowest BCUT2D eigenvalue weighted by molar-refractivity contribution is 0.577. The number of fused-ring (bicyclic) bond motifs is 1. The number of hydrogen-bond donors (Lipinski definition) is 0. The van der Waals surface area contributed by atoms with Crippen molar-refractivity contribution in [3.8, 4) is 11.5 Å². The van der Waals surface area contributed by atoms with Crippen LogP contribution in [0.5, 0.6) is 0 Å². The summed E-state index contributed by atoms with van der Waals surface area (Å²) in [6.07, 6.45) is 3.57. The van der Waals surface area contributed by atoms with Gasteiger partial charge in [-0.15, -0.1) is 10.2 Å². The predicted octanol–water partition coefficient (Wildman–Crippen LogP) is 2.11. The van der Waals surface area contributed by atoms with E-state index < -0.39 is 0 Å². The van der Waals surface area contributed by atoms with Crippen molar-refractivity contribution in [3.05, 3.63) is 30.5 Å². The predicted molar refractivity (Wildman–Crippen MR) is 60.3 cm³/mol. The maximum absolute atomic E-state index is 5.30. The van der Waals surface area contributed by atoms with Crippen LogP contribution in [-0.4, -0.2) is 26.1 Å². The largest absolute Gasteiger partial charge is 0.463 e. The molecule has 0 aliphatic carbocycles. The molecular formula is C10H8N4OS. The molecule has 0 unspecified atom stereocenters. The molecule has 3 aromatic rings. The number of rotatable bonds is 2. The monoisotopic (exact) mass is 232 g/mol. The third-order valence-corrected chi connectivity index (χ3v) is 2.81. The van der Waals surface area contributed by atoms with Crippen LogP contribution in [0.3, 0.4) is 0 Å². The lowest BCUT2D eigenvalue weighted by Gasteiger charge is -1.98. The average molecular weight is 232 g/mol. The molecule has 0 saturated heterocycles. The van der Waals surface area contributed by atoms with E-state index in [4.69, 9.17) is 4.42 Å². The Morgan fingerprint density at radius 1 is 1.25 bits per heavy atom. The average Bonchev–Trinajstić information content (AvgIpc) is 2.97. The Morgan fingerprint density at radius 3 is 2.94 bits per heavy atom. The van der Waals surface area contributed by atoms with Crippen LogP contribution >= 0.6 is 11.8 Å².